The Bertz CT molecular complexity index is 577. The second-order valence-corrected chi connectivity index (χ2v) is 4.20. The molecular formula is C14H12FNO3. The first-order chi connectivity index (χ1) is 9.08. The number of nitrogens with zero attached hydrogens (tertiary/aromatic N) is 1. The number of para-hydroxylation sites is 1. The minimum absolute atomic E-state index is 0.0218. The fraction of sp³-hybridized carbons (Fsp3) is 0.286. The number of anilines is 1. The van der Waals surface area contributed by atoms with Gasteiger partial charge in [0.05, 0.1) is 18.4 Å². The van der Waals surface area contributed by atoms with Gasteiger partial charge in [-0.05, 0) is 12.1 Å². The number of esters is 1. The monoisotopic (exact) mass is 261 g/mol. The number of halogens is 1. The predicted molar refractivity (Wildman–Crippen MR) is 67.0 cm³/mol. The van der Waals surface area contributed by atoms with Crippen LogP contribution in [-0.2, 0) is 9.53 Å². The number of hydrogen-bond acceptors (Lipinski definition) is 3. The van der Waals surface area contributed by atoms with Crippen molar-refractivity contribution in [3.63, 3.8) is 0 Å². The Morgan fingerprint density at radius 3 is 2.89 bits per heavy atom. The van der Waals surface area contributed by atoms with Crippen LogP contribution in [0.15, 0.2) is 18.2 Å². The third-order valence-corrected chi connectivity index (χ3v) is 3.02. The Morgan fingerprint density at radius 2 is 2.32 bits per heavy atom. The average Bonchev–Trinajstić information content (AvgIpc) is 2.78. The number of terminal acetylenes is 1. The van der Waals surface area contributed by atoms with Gasteiger partial charge in [-0.25, -0.2) is 9.18 Å². The number of carbonyl (C=O) groups is 2. The largest absolute Gasteiger partial charge is 0.465 e. The number of rotatable bonds is 2. The molecule has 1 aliphatic rings. The standard InChI is InChI=1S/C14H12FNO3/c1-3-9-7-12(17)16(8-9)13-10(14(18)19-2)5-4-6-11(13)15/h1,4-6,9H,7-8H2,2H3. The van der Waals surface area contributed by atoms with Crippen molar-refractivity contribution in [3.05, 3.63) is 29.6 Å². The van der Waals surface area contributed by atoms with Crippen molar-refractivity contribution >= 4 is 17.6 Å². The molecule has 0 radical (unpaired) electrons. The molecular weight excluding hydrogens is 249 g/mol. The third kappa shape index (κ3) is 2.29. The lowest BCUT2D eigenvalue weighted by Crippen LogP contribution is -2.27. The van der Waals surface area contributed by atoms with E-state index in [2.05, 4.69) is 10.7 Å². The van der Waals surface area contributed by atoms with Crippen molar-refractivity contribution in [2.75, 3.05) is 18.6 Å². The van der Waals surface area contributed by atoms with Gasteiger partial charge in [-0.15, -0.1) is 12.3 Å². The first kappa shape index (κ1) is 13.1. The van der Waals surface area contributed by atoms with E-state index < -0.39 is 11.8 Å². The van der Waals surface area contributed by atoms with Gasteiger partial charge in [0.15, 0.2) is 0 Å². The maximum absolute atomic E-state index is 13.9. The Kier molecular flexibility index (Phi) is 3.52. The van der Waals surface area contributed by atoms with Crippen LogP contribution < -0.4 is 4.90 Å². The SMILES string of the molecule is C#CC1CC(=O)N(c2c(F)cccc2C(=O)OC)C1. The molecule has 4 nitrogen and oxygen atoms in total. The second-order valence-electron chi connectivity index (χ2n) is 4.20. The Hall–Kier alpha value is -2.35. The number of methoxy groups -OCH3 is 1. The number of carbonyl (C=O) groups excluding carboxylic acids is 2. The minimum atomic E-state index is -0.688. The first-order valence-electron chi connectivity index (χ1n) is 5.71. The Morgan fingerprint density at radius 1 is 1.58 bits per heavy atom. The lowest BCUT2D eigenvalue weighted by molar-refractivity contribution is -0.117. The van der Waals surface area contributed by atoms with Crippen molar-refractivity contribution in [1.82, 2.24) is 0 Å². The van der Waals surface area contributed by atoms with Gasteiger partial charge < -0.3 is 9.64 Å². The molecule has 0 bridgehead atoms. The van der Waals surface area contributed by atoms with Crippen LogP contribution in [0, 0.1) is 24.1 Å². The highest BCUT2D eigenvalue weighted by Gasteiger charge is 2.33. The van der Waals surface area contributed by atoms with Crippen LogP contribution in [0.2, 0.25) is 0 Å². The molecule has 0 N–H and O–H groups in total. The molecule has 5 heteroatoms. The van der Waals surface area contributed by atoms with E-state index in [9.17, 15) is 14.0 Å². The summed E-state index contributed by atoms with van der Waals surface area (Å²) in [4.78, 5) is 24.7. The van der Waals surface area contributed by atoms with Crippen molar-refractivity contribution in [1.29, 1.82) is 0 Å². The zero-order valence-corrected chi connectivity index (χ0v) is 10.4. The molecule has 0 spiro atoms. The maximum atomic E-state index is 13.9. The number of ether oxygens (including phenoxy) is 1. The lowest BCUT2D eigenvalue weighted by Gasteiger charge is -2.19. The first-order valence-corrected chi connectivity index (χ1v) is 5.71. The summed E-state index contributed by atoms with van der Waals surface area (Å²) in [5.41, 5.74) is -0.0365. The molecule has 1 aromatic carbocycles. The van der Waals surface area contributed by atoms with Gasteiger partial charge >= 0.3 is 5.97 Å². The zero-order chi connectivity index (χ0) is 14.0. The lowest BCUT2D eigenvalue weighted by atomic mass is 10.1. The number of benzene rings is 1. The van der Waals surface area contributed by atoms with Gasteiger partial charge in [0.1, 0.15) is 5.82 Å². The van der Waals surface area contributed by atoms with Crippen LogP contribution >= 0.6 is 0 Å². The summed E-state index contributed by atoms with van der Waals surface area (Å²) in [6.45, 7) is 0.209. The summed E-state index contributed by atoms with van der Waals surface area (Å²) in [5.74, 6) is 0.583. The van der Waals surface area contributed by atoms with Gasteiger partial charge in [0.25, 0.3) is 0 Å². The van der Waals surface area contributed by atoms with Gasteiger partial charge in [-0.1, -0.05) is 6.07 Å². The molecule has 1 atom stereocenters. The summed E-state index contributed by atoms with van der Waals surface area (Å²) in [6.07, 6.45) is 5.44. The van der Waals surface area contributed by atoms with E-state index in [4.69, 9.17) is 6.42 Å². The zero-order valence-electron chi connectivity index (χ0n) is 10.4. The van der Waals surface area contributed by atoms with Crippen LogP contribution in [0.3, 0.4) is 0 Å². The van der Waals surface area contributed by atoms with Crippen LogP contribution in [0.25, 0.3) is 0 Å². The average molecular weight is 261 g/mol. The van der Waals surface area contributed by atoms with Crippen LogP contribution in [-0.4, -0.2) is 25.5 Å². The summed E-state index contributed by atoms with van der Waals surface area (Å²) in [6, 6.07) is 4.00. The summed E-state index contributed by atoms with van der Waals surface area (Å²) >= 11 is 0. The van der Waals surface area contributed by atoms with E-state index in [-0.39, 0.29) is 36.0 Å². The second kappa shape index (κ2) is 5.11. The molecule has 0 aromatic heterocycles. The fourth-order valence-corrected chi connectivity index (χ4v) is 2.10. The number of hydrogen-bond donors (Lipinski definition) is 0. The molecule has 1 aliphatic heterocycles. The maximum Gasteiger partial charge on any atom is 0.340 e. The molecule has 1 aromatic rings. The highest BCUT2D eigenvalue weighted by Crippen LogP contribution is 2.30. The Labute approximate surface area is 110 Å². The van der Waals surface area contributed by atoms with Crippen LogP contribution in [0.1, 0.15) is 16.8 Å². The van der Waals surface area contributed by atoms with Crippen molar-refractivity contribution in [2.24, 2.45) is 5.92 Å². The van der Waals surface area contributed by atoms with E-state index in [1.807, 2.05) is 0 Å². The van der Waals surface area contributed by atoms with E-state index in [0.29, 0.717) is 0 Å². The summed E-state index contributed by atoms with van der Waals surface area (Å²) in [5, 5.41) is 0. The fourth-order valence-electron chi connectivity index (χ4n) is 2.10. The smallest absolute Gasteiger partial charge is 0.340 e. The van der Waals surface area contributed by atoms with E-state index in [0.717, 1.165) is 0 Å². The molecule has 1 unspecified atom stereocenters. The van der Waals surface area contributed by atoms with Crippen molar-refractivity contribution in [2.45, 2.75) is 6.42 Å². The number of amides is 1. The molecule has 0 aliphatic carbocycles. The van der Waals surface area contributed by atoms with Crippen molar-refractivity contribution in [3.8, 4) is 12.3 Å². The van der Waals surface area contributed by atoms with Crippen LogP contribution in [0.5, 0.6) is 0 Å². The molecule has 1 fully saturated rings. The highest BCUT2D eigenvalue weighted by atomic mass is 19.1. The van der Waals surface area contributed by atoms with Gasteiger partial charge in [0, 0.05) is 18.9 Å². The molecule has 98 valence electrons. The Balaban J connectivity index is 2.48. The molecule has 0 saturated carbocycles. The predicted octanol–water partition coefficient (Wildman–Crippen LogP) is 1.60. The summed E-state index contributed by atoms with van der Waals surface area (Å²) in [7, 11) is 1.20. The van der Waals surface area contributed by atoms with Crippen LogP contribution in [0.4, 0.5) is 10.1 Å². The van der Waals surface area contributed by atoms with E-state index in [1.54, 1.807) is 0 Å². The molecule has 1 saturated heterocycles. The molecule has 19 heavy (non-hydrogen) atoms. The topological polar surface area (TPSA) is 46.6 Å². The van der Waals surface area contributed by atoms with Gasteiger partial charge in [-0.3, -0.25) is 4.79 Å². The minimum Gasteiger partial charge on any atom is -0.465 e. The normalized spacial score (nSPS) is 18.3. The van der Waals surface area contributed by atoms with Gasteiger partial charge in [0.2, 0.25) is 5.91 Å². The van der Waals surface area contributed by atoms with E-state index in [1.165, 1.54) is 30.2 Å². The quantitative estimate of drug-likeness (QED) is 0.600. The third-order valence-electron chi connectivity index (χ3n) is 3.02. The molecule has 2 rings (SSSR count). The summed E-state index contributed by atoms with van der Waals surface area (Å²) < 4.78 is 18.5. The highest BCUT2D eigenvalue weighted by molar-refractivity contribution is 6.04. The van der Waals surface area contributed by atoms with Crippen molar-refractivity contribution < 1.29 is 18.7 Å². The molecule has 1 heterocycles. The van der Waals surface area contributed by atoms with E-state index >= 15 is 0 Å². The molecule has 1 amide bonds. The van der Waals surface area contributed by atoms with Gasteiger partial charge in [-0.2, -0.15) is 0 Å².